The van der Waals surface area contributed by atoms with E-state index in [1.54, 1.807) is 0 Å². The van der Waals surface area contributed by atoms with Crippen LogP contribution in [0.25, 0.3) is 0 Å². The number of aliphatic imine (C=N–C) groups is 1. The van der Waals surface area contributed by atoms with Crippen LogP contribution in [0.1, 0.15) is 58.3 Å². The second-order valence-electron chi connectivity index (χ2n) is 6.91. The lowest BCUT2D eigenvalue weighted by atomic mass is 9.98. The van der Waals surface area contributed by atoms with Crippen molar-refractivity contribution in [2.24, 2.45) is 4.99 Å². The van der Waals surface area contributed by atoms with Gasteiger partial charge in [-0.1, -0.05) is 19.3 Å². The van der Waals surface area contributed by atoms with Crippen molar-refractivity contribution in [1.29, 1.82) is 0 Å². The van der Waals surface area contributed by atoms with Gasteiger partial charge in [-0.25, -0.2) is 0 Å². The van der Waals surface area contributed by atoms with E-state index in [1.165, 1.54) is 51.5 Å². The van der Waals surface area contributed by atoms with Gasteiger partial charge in [-0.2, -0.15) is 0 Å². The van der Waals surface area contributed by atoms with Crippen molar-refractivity contribution in [2.45, 2.75) is 70.4 Å². The van der Waals surface area contributed by atoms with Crippen LogP contribution in [0.4, 0.5) is 0 Å². The minimum Gasteiger partial charge on any atom is -0.378 e. The molecule has 0 amide bonds. The van der Waals surface area contributed by atoms with Gasteiger partial charge in [0.15, 0.2) is 5.96 Å². The van der Waals surface area contributed by atoms with E-state index in [-0.39, 0.29) is 24.0 Å². The molecule has 1 aliphatic carbocycles. The van der Waals surface area contributed by atoms with Crippen LogP contribution in [0.3, 0.4) is 0 Å². The fourth-order valence-corrected chi connectivity index (χ4v) is 3.51. The minimum atomic E-state index is 0. The Labute approximate surface area is 165 Å². The van der Waals surface area contributed by atoms with Gasteiger partial charge in [-0.05, 0) is 52.6 Å². The first-order valence-corrected chi connectivity index (χ1v) is 9.63. The summed E-state index contributed by atoms with van der Waals surface area (Å²) in [7, 11) is 2.20. The molecule has 2 fully saturated rings. The Morgan fingerprint density at radius 2 is 1.92 bits per heavy atom. The van der Waals surface area contributed by atoms with E-state index in [2.05, 4.69) is 29.5 Å². The van der Waals surface area contributed by atoms with Crippen molar-refractivity contribution in [3.63, 3.8) is 0 Å². The molecule has 6 heteroatoms. The highest BCUT2D eigenvalue weighted by atomic mass is 127. The summed E-state index contributed by atoms with van der Waals surface area (Å²) in [5.74, 6) is 0.950. The molecule has 2 N–H and O–H groups in total. The molecule has 1 saturated carbocycles. The molecule has 1 unspecified atom stereocenters. The maximum absolute atomic E-state index is 5.97. The maximum Gasteiger partial charge on any atom is 0.191 e. The number of halogens is 1. The number of hydrogen-bond donors (Lipinski definition) is 2. The lowest BCUT2D eigenvalue weighted by molar-refractivity contribution is 0.0277. The highest BCUT2D eigenvalue weighted by Crippen LogP contribution is 2.20. The lowest BCUT2D eigenvalue weighted by Gasteiger charge is -2.22. The maximum atomic E-state index is 5.97. The Hall–Kier alpha value is -0.0800. The highest BCUT2D eigenvalue weighted by molar-refractivity contribution is 14.0. The molecule has 1 heterocycles. The molecule has 5 nitrogen and oxygen atoms in total. The van der Waals surface area contributed by atoms with Crippen LogP contribution in [0.15, 0.2) is 4.99 Å². The highest BCUT2D eigenvalue weighted by Gasteiger charge is 2.20. The topological polar surface area (TPSA) is 48.9 Å². The first kappa shape index (κ1) is 22.0. The van der Waals surface area contributed by atoms with E-state index in [0.717, 1.165) is 38.6 Å². The molecule has 24 heavy (non-hydrogen) atoms. The lowest BCUT2D eigenvalue weighted by Crippen LogP contribution is -2.39. The molecule has 0 aromatic rings. The Morgan fingerprint density at radius 3 is 2.58 bits per heavy atom. The van der Waals surface area contributed by atoms with Gasteiger partial charge in [0.2, 0.25) is 0 Å². The van der Waals surface area contributed by atoms with E-state index in [4.69, 9.17) is 9.73 Å². The number of likely N-dealkylation sites (N-methyl/N-ethyl adjacent to an activating group) is 1. The average molecular weight is 452 g/mol. The standard InChI is InChI=1S/C18H36N4O.HI/c1-3-19-18(21-15-16-9-7-13-22(16)2)20-12-8-14-23-17-10-5-4-6-11-17;/h16-17H,3-15H2,1-2H3,(H2,19,20,21);1H. The number of guanidine groups is 1. The van der Waals surface area contributed by atoms with Gasteiger partial charge in [0.1, 0.15) is 0 Å². The summed E-state index contributed by atoms with van der Waals surface area (Å²) >= 11 is 0. The SMILES string of the molecule is CCNC(=NCC1CCCN1C)NCCCOC1CCCCC1.I. The van der Waals surface area contributed by atoms with Gasteiger partial charge in [-0.3, -0.25) is 4.99 Å². The first-order valence-electron chi connectivity index (χ1n) is 9.63. The second-order valence-corrected chi connectivity index (χ2v) is 6.91. The summed E-state index contributed by atoms with van der Waals surface area (Å²) < 4.78 is 5.97. The summed E-state index contributed by atoms with van der Waals surface area (Å²) in [5, 5.41) is 6.78. The zero-order chi connectivity index (χ0) is 16.3. The number of nitrogens with zero attached hydrogens (tertiary/aromatic N) is 2. The molecule has 0 aromatic heterocycles. The molecule has 0 radical (unpaired) electrons. The molecule has 142 valence electrons. The Kier molecular flexibility index (Phi) is 12.0. The number of rotatable bonds is 8. The number of nitrogens with one attached hydrogen (secondary N) is 2. The predicted molar refractivity (Wildman–Crippen MR) is 112 cm³/mol. The molecule has 0 aromatic carbocycles. The molecule has 2 aliphatic rings. The van der Waals surface area contributed by atoms with Crippen molar-refractivity contribution in [3.8, 4) is 0 Å². The Balaban J connectivity index is 0.00000288. The van der Waals surface area contributed by atoms with E-state index in [1.807, 2.05) is 0 Å². The van der Waals surface area contributed by atoms with Crippen molar-refractivity contribution < 1.29 is 4.74 Å². The van der Waals surface area contributed by atoms with Crippen LogP contribution < -0.4 is 10.6 Å². The molecule has 1 atom stereocenters. The fourth-order valence-electron chi connectivity index (χ4n) is 3.51. The van der Waals surface area contributed by atoms with E-state index in [0.29, 0.717) is 12.1 Å². The minimum absolute atomic E-state index is 0. The average Bonchev–Trinajstić information content (AvgIpc) is 2.98. The zero-order valence-corrected chi connectivity index (χ0v) is 17.9. The van der Waals surface area contributed by atoms with Gasteiger partial charge < -0.3 is 20.3 Å². The van der Waals surface area contributed by atoms with Gasteiger partial charge in [-0.15, -0.1) is 24.0 Å². The van der Waals surface area contributed by atoms with Gasteiger partial charge in [0.25, 0.3) is 0 Å². The van der Waals surface area contributed by atoms with Crippen LogP contribution >= 0.6 is 24.0 Å². The molecule has 0 spiro atoms. The smallest absolute Gasteiger partial charge is 0.191 e. The van der Waals surface area contributed by atoms with E-state index >= 15 is 0 Å². The third-order valence-electron chi connectivity index (χ3n) is 5.00. The van der Waals surface area contributed by atoms with Crippen molar-refractivity contribution in [2.75, 3.05) is 39.8 Å². The van der Waals surface area contributed by atoms with Crippen molar-refractivity contribution in [3.05, 3.63) is 0 Å². The zero-order valence-electron chi connectivity index (χ0n) is 15.6. The van der Waals surface area contributed by atoms with Crippen LogP contribution in [-0.4, -0.2) is 62.8 Å². The molecule has 2 rings (SSSR count). The normalized spacial score (nSPS) is 23.1. The van der Waals surface area contributed by atoms with Gasteiger partial charge in [0, 0.05) is 25.7 Å². The fraction of sp³-hybridized carbons (Fsp3) is 0.944. The summed E-state index contributed by atoms with van der Waals surface area (Å²) in [6.07, 6.45) is 10.7. The molecular weight excluding hydrogens is 415 g/mol. The number of likely N-dealkylation sites (tertiary alicyclic amines) is 1. The third kappa shape index (κ3) is 8.34. The Bertz CT molecular complexity index is 348. The molecular formula is C18H37IN4O. The van der Waals surface area contributed by atoms with Gasteiger partial charge in [0.05, 0.1) is 12.6 Å². The van der Waals surface area contributed by atoms with E-state index in [9.17, 15) is 0 Å². The molecule has 1 saturated heterocycles. The largest absolute Gasteiger partial charge is 0.378 e. The molecule has 1 aliphatic heterocycles. The third-order valence-corrected chi connectivity index (χ3v) is 5.00. The predicted octanol–water partition coefficient (Wildman–Crippen LogP) is 2.99. The molecule has 0 bridgehead atoms. The summed E-state index contributed by atoms with van der Waals surface area (Å²) in [5.41, 5.74) is 0. The second kappa shape index (κ2) is 13.2. The van der Waals surface area contributed by atoms with Crippen LogP contribution in [0.2, 0.25) is 0 Å². The van der Waals surface area contributed by atoms with Crippen molar-refractivity contribution >= 4 is 29.9 Å². The number of ether oxygens (including phenoxy) is 1. The quantitative estimate of drug-likeness (QED) is 0.257. The van der Waals surface area contributed by atoms with Crippen LogP contribution in [-0.2, 0) is 4.74 Å². The first-order chi connectivity index (χ1) is 11.3. The summed E-state index contributed by atoms with van der Waals surface area (Å²) in [6.45, 7) is 6.92. The van der Waals surface area contributed by atoms with Crippen LogP contribution in [0.5, 0.6) is 0 Å². The summed E-state index contributed by atoms with van der Waals surface area (Å²) in [4.78, 5) is 7.17. The van der Waals surface area contributed by atoms with E-state index < -0.39 is 0 Å². The van der Waals surface area contributed by atoms with Gasteiger partial charge >= 0.3 is 0 Å². The van der Waals surface area contributed by atoms with Crippen LogP contribution in [0, 0.1) is 0 Å². The summed E-state index contributed by atoms with van der Waals surface area (Å²) in [6, 6.07) is 0.611. The Morgan fingerprint density at radius 1 is 1.12 bits per heavy atom. The van der Waals surface area contributed by atoms with Crippen molar-refractivity contribution in [1.82, 2.24) is 15.5 Å². The monoisotopic (exact) mass is 452 g/mol. The number of hydrogen-bond acceptors (Lipinski definition) is 3.